The lowest BCUT2D eigenvalue weighted by Gasteiger charge is -2.00. The van der Waals surface area contributed by atoms with Crippen molar-refractivity contribution in [3.63, 3.8) is 0 Å². The molecule has 2 heterocycles. The van der Waals surface area contributed by atoms with Crippen LogP contribution in [-0.4, -0.2) is 41.1 Å². The number of hydrogen-bond acceptors (Lipinski definition) is 5. The minimum atomic E-state index is -1.04. The van der Waals surface area contributed by atoms with Crippen LogP contribution in [0, 0.1) is 0 Å². The second-order valence-corrected chi connectivity index (χ2v) is 6.15. The molecule has 0 aliphatic carbocycles. The Bertz CT molecular complexity index is 1090. The molecule has 0 aliphatic heterocycles. The van der Waals surface area contributed by atoms with Crippen molar-refractivity contribution in [2.75, 3.05) is 0 Å². The predicted octanol–water partition coefficient (Wildman–Crippen LogP) is 2.93. The number of tetrazole rings is 1. The number of rotatable bonds is 5. The lowest BCUT2D eigenvalue weighted by atomic mass is 10.1. The highest BCUT2D eigenvalue weighted by Crippen LogP contribution is 2.30. The molecule has 0 radical (unpaired) electrons. The first-order valence-corrected chi connectivity index (χ1v) is 8.39. The molecule has 1 N–H and O–H groups in total. The van der Waals surface area contributed by atoms with Crippen molar-refractivity contribution in [2.24, 2.45) is 0 Å². The van der Waals surface area contributed by atoms with Gasteiger partial charge in [-0.05, 0) is 29.5 Å². The number of aromatic nitrogens is 6. The standard InChI is InChI=1S/C18H13ClN6O2/c19-13-8-6-12(7-9-13)17-15(18-20-23-25(22-18)11-16(26)27)10-24(21-17)14-4-2-1-3-5-14/h1-10H,11H2,(H,26,27). The number of carbonyl (C=O) groups is 1. The Labute approximate surface area is 158 Å². The van der Waals surface area contributed by atoms with E-state index in [-0.39, 0.29) is 6.54 Å². The molecule has 2 aromatic heterocycles. The number of nitrogens with zero attached hydrogens (tertiary/aromatic N) is 6. The van der Waals surface area contributed by atoms with Gasteiger partial charge in [0.15, 0.2) is 6.54 Å². The van der Waals surface area contributed by atoms with Gasteiger partial charge in [-0.3, -0.25) is 4.79 Å². The van der Waals surface area contributed by atoms with Gasteiger partial charge in [0, 0.05) is 16.8 Å². The summed E-state index contributed by atoms with van der Waals surface area (Å²) in [6.07, 6.45) is 1.79. The van der Waals surface area contributed by atoms with Crippen LogP contribution in [0.25, 0.3) is 28.3 Å². The van der Waals surface area contributed by atoms with Crippen molar-refractivity contribution in [2.45, 2.75) is 6.54 Å². The maximum absolute atomic E-state index is 10.9. The van der Waals surface area contributed by atoms with Gasteiger partial charge in [-0.2, -0.15) is 9.90 Å². The molecule has 0 bridgehead atoms. The van der Waals surface area contributed by atoms with Gasteiger partial charge in [0.25, 0.3) is 0 Å². The van der Waals surface area contributed by atoms with Crippen LogP contribution in [-0.2, 0) is 11.3 Å². The second-order valence-electron chi connectivity index (χ2n) is 5.72. The van der Waals surface area contributed by atoms with Crippen molar-refractivity contribution in [1.29, 1.82) is 0 Å². The van der Waals surface area contributed by atoms with E-state index in [2.05, 4.69) is 20.5 Å². The smallest absolute Gasteiger partial charge is 0.327 e. The van der Waals surface area contributed by atoms with E-state index >= 15 is 0 Å². The summed E-state index contributed by atoms with van der Waals surface area (Å²) in [4.78, 5) is 11.9. The summed E-state index contributed by atoms with van der Waals surface area (Å²) >= 11 is 5.99. The first-order valence-electron chi connectivity index (χ1n) is 8.01. The zero-order chi connectivity index (χ0) is 18.8. The van der Waals surface area contributed by atoms with Crippen LogP contribution in [0.5, 0.6) is 0 Å². The zero-order valence-electron chi connectivity index (χ0n) is 13.9. The van der Waals surface area contributed by atoms with Crippen LogP contribution in [0.4, 0.5) is 0 Å². The largest absolute Gasteiger partial charge is 0.480 e. The average molecular weight is 381 g/mol. The molecule has 134 valence electrons. The normalized spacial score (nSPS) is 10.9. The van der Waals surface area contributed by atoms with E-state index in [1.54, 1.807) is 23.0 Å². The summed E-state index contributed by atoms with van der Waals surface area (Å²) in [5.74, 6) is -0.750. The Morgan fingerprint density at radius 3 is 2.48 bits per heavy atom. The minimum absolute atomic E-state index is 0.295. The van der Waals surface area contributed by atoms with E-state index in [4.69, 9.17) is 16.7 Å². The molecule has 0 aliphatic rings. The van der Waals surface area contributed by atoms with Crippen LogP contribution < -0.4 is 0 Å². The van der Waals surface area contributed by atoms with E-state index in [1.807, 2.05) is 42.5 Å². The Kier molecular flexibility index (Phi) is 4.39. The van der Waals surface area contributed by atoms with Crippen LogP contribution in [0.15, 0.2) is 60.8 Å². The first kappa shape index (κ1) is 16.9. The molecule has 2 aromatic carbocycles. The van der Waals surface area contributed by atoms with Gasteiger partial charge >= 0.3 is 5.97 Å². The molecular weight excluding hydrogens is 368 g/mol. The van der Waals surface area contributed by atoms with Crippen molar-refractivity contribution in [3.05, 3.63) is 65.8 Å². The van der Waals surface area contributed by atoms with E-state index in [0.29, 0.717) is 22.1 Å². The monoisotopic (exact) mass is 380 g/mol. The van der Waals surface area contributed by atoms with Gasteiger partial charge < -0.3 is 5.11 Å². The van der Waals surface area contributed by atoms with Crippen molar-refractivity contribution in [1.82, 2.24) is 30.0 Å². The third-order valence-corrected chi connectivity index (χ3v) is 4.08. The minimum Gasteiger partial charge on any atom is -0.480 e. The maximum atomic E-state index is 10.9. The SMILES string of the molecule is O=C(O)Cn1nnc(-c2cn(-c3ccccc3)nc2-c2ccc(Cl)cc2)n1. The van der Waals surface area contributed by atoms with Crippen LogP contribution >= 0.6 is 11.6 Å². The molecular formula is C18H13ClN6O2. The van der Waals surface area contributed by atoms with Crippen molar-refractivity contribution in [3.8, 4) is 28.3 Å². The molecule has 9 heteroatoms. The molecule has 27 heavy (non-hydrogen) atoms. The van der Waals surface area contributed by atoms with E-state index in [9.17, 15) is 4.79 Å². The van der Waals surface area contributed by atoms with E-state index in [1.165, 1.54) is 0 Å². The fourth-order valence-electron chi connectivity index (χ4n) is 2.61. The third-order valence-electron chi connectivity index (χ3n) is 3.82. The Balaban J connectivity index is 1.83. The molecule has 0 saturated heterocycles. The molecule has 0 saturated carbocycles. The summed E-state index contributed by atoms with van der Waals surface area (Å²) in [5.41, 5.74) is 2.98. The number of carboxylic acids is 1. The molecule has 8 nitrogen and oxygen atoms in total. The molecule has 0 atom stereocenters. The second kappa shape index (κ2) is 7.00. The molecule has 0 fully saturated rings. The lowest BCUT2D eigenvalue weighted by Crippen LogP contribution is -2.11. The summed E-state index contributed by atoms with van der Waals surface area (Å²) in [7, 11) is 0. The van der Waals surface area contributed by atoms with Gasteiger partial charge in [-0.25, -0.2) is 4.68 Å². The Morgan fingerprint density at radius 1 is 1.04 bits per heavy atom. The molecule has 4 rings (SSSR count). The first-order chi connectivity index (χ1) is 13.1. The predicted molar refractivity (Wildman–Crippen MR) is 98.5 cm³/mol. The van der Waals surface area contributed by atoms with E-state index in [0.717, 1.165) is 16.0 Å². The molecule has 0 spiro atoms. The molecule has 4 aromatic rings. The third kappa shape index (κ3) is 3.56. The fourth-order valence-corrected chi connectivity index (χ4v) is 2.74. The summed E-state index contributed by atoms with van der Waals surface area (Å²) in [6, 6.07) is 16.9. The molecule has 0 unspecified atom stereocenters. The summed E-state index contributed by atoms with van der Waals surface area (Å²) in [5, 5.41) is 26.1. The highest BCUT2D eigenvalue weighted by atomic mass is 35.5. The van der Waals surface area contributed by atoms with Crippen molar-refractivity contribution < 1.29 is 9.90 Å². The zero-order valence-corrected chi connectivity index (χ0v) is 14.7. The van der Waals surface area contributed by atoms with Crippen LogP contribution in [0.2, 0.25) is 5.02 Å². The highest BCUT2D eigenvalue weighted by Gasteiger charge is 2.18. The van der Waals surface area contributed by atoms with Crippen LogP contribution in [0.1, 0.15) is 0 Å². The number of benzene rings is 2. The van der Waals surface area contributed by atoms with Gasteiger partial charge in [0.05, 0.1) is 11.3 Å². The number of aliphatic carboxylic acids is 1. The van der Waals surface area contributed by atoms with Crippen LogP contribution in [0.3, 0.4) is 0 Å². The average Bonchev–Trinajstić information content (AvgIpc) is 3.29. The number of carboxylic acid groups (broad SMARTS) is 1. The summed E-state index contributed by atoms with van der Waals surface area (Å²) < 4.78 is 1.72. The Hall–Kier alpha value is -3.52. The van der Waals surface area contributed by atoms with Gasteiger partial charge in [0.1, 0.15) is 5.69 Å². The maximum Gasteiger partial charge on any atom is 0.327 e. The van der Waals surface area contributed by atoms with Gasteiger partial charge in [-0.15, -0.1) is 10.2 Å². The topological polar surface area (TPSA) is 98.7 Å². The fraction of sp³-hybridized carbons (Fsp3) is 0.0556. The number of hydrogen-bond donors (Lipinski definition) is 1. The van der Waals surface area contributed by atoms with E-state index < -0.39 is 5.97 Å². The van der Waals surface area contributed by atoms with Gasteiger partial charge in [-0.1, -0.05) is 41.9 Å². The molecule has 0 amide bonds. The summed E-state index contributed by atoms with van der Waals surface area (Å²) in [6.45, 7) is -0.365. The number of para-hydroxylation sites is 1. The lowest BCUT2D eigenvalue weighted by molar-refractivity contribution is -0.138. The Morgan fingerprint density at radius 2 is 1.78 bits per heavy atom. The van der Waals surface area contributed by atoms with Gasteiger partial charge in [0.2, 0.25) is 5.82 Å². The van der Waals surface area contributed by atoms with Crippen molar-refractivity contribution >= 4 is 17.6 Å². The highest BCUT2D eigenvalue weighted by molar-refractivity contribution is 6.30. The number of halogens is 1. The quantitative estimate of drug-likeness (QED) is 0.571.